The summed E-state index contributed by atoms with van der Waals surface area (Å²) >= 11 is 0. The Morgan fingerprint density at radius 3 is 2.44 bits per heavy atom. The monoisotopic (exact) mass is 340 g/mol. The van der Waals surface area contributed by atoms with Crippen LogP contribution in [0.3, 0.4) is 0 Å². The van der Waals surface area contributed by atoms with Crippen LogP contribution in [-0.2, 0) is 9.59 Å². The van der Waals surface area contributed by atoms with E-state index in [0.717, 1.165) is 22.4 Å². The van der Waals surface area contributed by atoms with Crippen molar-refractivity contribution in [3.8, 4) is 0 Å². The summed E-state index contributed by atoms with van der Waals surface area (Å²) in [6, 6.07) is 10.1. The van der Waals surface area contributed by atoms with Gasteiger partial charge in [0.25, 0.3) is 0 Å². The summed E-state index contributed by atoms with van der Waals surface area (Å²) in [4.78, 5) is 26.2. The van der Waals surface area contributed by atoms with Crippen LogP contribution < -0.4 is 10.2 Å². The topological polar surface area (TPSA) is 49.4 Å². The van der Waals surface area contributed by atoms with Gasteiger partial charge in [-0.2, -0.15) is 0 Å². The van der Waals surface area contributed by atoms with Gasteiger partial charge in [0, 0.05) is 18.7 Å². The van der Waals surface area contributed by atoms with Gasteiger partial charge in [-0.25, -0.2) is 4.39 Å². The Bertz CT molecular complexity index is 824. The Hall–Kier alpha value is -2.69. The van der Waals surface area contributed by atoms with E-state index in [9.17, 15) is 14.0 Å². The smallest absolute Gasteiger partial charge is 0.229 e. The lowest BCUT2D eigenvalue weighted by Gasteiger charge is -2.18. The number of halogens is 1. The second kappa shape index (κ2) is 6.67. The van der Waals surface area contributed by atoms with Crippen LogP contribution >= 0.6 is 0 Å². The van der Waals surface area contributed by atoms with Crippen molar-refractivity contribution in [1.82, 2.24) is 0 Å². The van der Waals surface area contributed by atoms with Gasteiger partial charge in [-0.3, -0.25) is 9.59 Å². The van der Waals surface area contributed by atoms with Gasteiger partial charge in [0.15, 0.2) is 0 Å². The van der Waals surface area contributed by atoms with E-state index in [4.69, 9.17) is 0 Å². The number of para-hydroxylation sites is 1. The number of hydrogen-bond donors (Lipinski definition) is 1. The summed E-state index contributed by atoms with van der Waals surface area (Å²) in [7, 11) is 0. The number of nitrogens with zero attached hydrogens (tertiary/aromatic N) is 1. The third-order valence-corrected chi connectivity index (χ3v) is 4.56. The fourth-order valence-electron chi connectivity index (χ4n) is 3.39. The minimum absolute atomic E-state index is 0.0874. The average Bonchev–Trinajstić information content (AvgIpc) is 2.93. The van der Waals surface area contributed by atoms with Crippen LogP contribution in [0.2, 0.25) is 0 Å². The molecule has 1 atom stereocenters. The highest BCUT2D eigenvalue weighted by atomic mass is 19.1. The number of nitrogens with one attached hydrogen (secondary N) is 1. The van der Waals surface area contributed by atoms with Crippen molar-refractivity contribution in [1.29, 1.82) is 0 Å². The largest absolute Gasteiger partial charge is 0.325 e. The number of carbonyl (C=O) groups is 2. The van der Waals surface area contributed by atoms with Crippen molar-refractivity contribution >= 4 is 23.2 Å². The van der Waals surface area contributed by atoms with Crippen molar-refractivity contribution in [2.45, 2.75) is 27.2 Å². The summed E-state index contributed by atoms with van der Waals surface area (Å²) in [6.45, 7) is 6.09. The van der Waals surface area contributed by atoms with Crippen molar-refractivity contribution in [2.24, 2.45) is 5.92 Å². The maximum absolute atomic E-state index is 13.9. The van der Waals surface area contributed by atoms with E-state index in [1.165, 1.54) is 11.0 Å². The molecular weight excluding hydrogens is 319 g/mol. The van der Waals surface area contributed by atoms with Gasteiger partial charge in [-0.15, -0.1) is 0 Å². The number of anilines is 2. The van der Waals surface area contributed by atoms with Gasteiger partial charge in [0.2, 0.25) is 11.8 Å². The zero-order chi connectivity index (χ0) is 18.1. The fraction of sp³-hybridized carbons (Fsp3) is 0.300. The van der Waals surface area contributed by atoms with Crippen molar-refractivity contribution in [2.75, 3.05) is 16.8 Å². The number of aryl methyl sites for hydroxylation is 3. The van der Waals surface area contributed by atoms with Crippen molar-refractivity contribution < 1.29 is 14.0 Å². The molecule has 0 saturated carbocycles. The molecule has 0 aromatic heterocycles. The van der Waals surface area contributed by atoms with Crippen LogP contribution in [0.4, 0.5) is 15.8 Å². The zero-order valence-electron chi connectivity index (χ0n) is 14.6. The lowest BCUT2D eigenvalue weighted by Crippen LogP contribution is -2.29. The number of hydrogen-bond acceptors (Lipinski definition) is 2. The van der Waals surface area contributed by atoms with Crippen LogP contribution in [0.15, 0.2) is 36.4 Å². The van der Waals surface area contributed by atoms with Crippen LogP contribution in [0.1, 0.15) is 23.1 Å². The highest BCUT2D eigenvalue weighted by Crippen LogP contribution is 2.29. The minimum atomic E-state index is -0.493. The first-order chi connectivity index (χ1) is 11.9. The Morgan fingerprint density at radius 1 is 1.16 bits per heavy atom. The SMILES string of the molecule is Cc1cc(C)c(NC(=O)C2CC(=O)N(c3ccccc3F)C2)c(C)c1. The summed E-state index contributed by atoms with van der Waals surface area (Å²) in [5, 5.41) is 2.94. The molecule has 2 aromatic carbocycles. The van der Waals surface area contributed by atoms with Gasteiger partial charge in [-0.1, -0.05) is 29.8 Å². The van der Waals surface area contributed by atoms with Crippen LogP contribution in [-0.4, -0.2) is 18.4 Å². The van der Waals surface area contributed by atoms with Crippen LogP contribution in [0.5, 0.6) is 0 Å². The molecule has 25 heavy (non-hydrogen) atoms. The van der Waals surface area contributed by atoms with E-state index < -0.39 is 11.7 Å². The summed E-state index contributed by atoms with van der Waals surface area (Å²) < 4.78 is 13.9. The fourth-order valence-corrected chi connectivity index (χ4v) is 3.39. The molecule has 1 unspecified atom stereocenters. The molecule has 0 aliphatic carbocycles. The molecule has 1 saturated heterocycles. The Kier molecular flexibility index (Phi) is 4.57. The Labute approximate surface area is 146 Å². The third-order valence-electron chi connectivity index (χ3n) is 4.56. The van der Waals surface area contributed by atoms with E-state index in [1.54, 1.807) is 18.2 Å². The molecule has 1 aliphatic rings. The van der Waals surface area contributed by atoms with Gasteiger partial charge in [0.05, 0.1) is 11.6 Å². The van der Waals surface area contributed by atoms with E-state index in [-0.39, 0.29) is 30.5 Å². The van der Waals surface area contributed by atoms with E-state index >= 15 is 0 Å². The van der Waals surface area contributed by atoms with Gasteiger partial charge >= 0.3 is 0 Å². The molecule has 2 amide bonds. The molecule has 5 heteroatoms. The molecule has 1 fully saturated rings. The molecule has 1 N–H and O–H groups in total. The lowest BCUT2D eigenvalue weighted by atomic mass is 10.0. The van der Waals surface area contributed by atoms with E-state index in [2.05, 4.69) is 5.32 Å². The first-order valence-corrected chi connectivity index (χ1v) is 8.30. The second-order valence-electron chi connectivity index (χ2n) is 6.62. The van der Waals surface area contributed by atoms with E-state index in [1.807, 2.05) is 32.9 Å². The van der Waals surface area contributed by atoms with Crippen molar-refractivity contribution in [3.05, 3.63) is 58.9 Å². The zero-order valence-corrected chi connectivity index (χ0v) is 14.6. The number of amides is 2. The summed E-state index contributed by atoms with van der Waals surface area (Å²) in [6.07, 6.45) is 0.0874. The average molecular weight is 340 g/mol. The Balaban J connectivity index is 1.77. The number of rotatable bonds is 3. The van der Waals surface area contributed by atoms with Crippen molar-refractivity contribution in [3.63, 3.8) is 0 Å². The number of carbonyl (C=O) groups excluding carboxylic acids is 2. The molecule has 0 spiro atoms. The number of benzene rings is 2. The first-order valence-electron chi connectivity index (χ1n) is 8.30. The quantitative estimate of drug-likeness (QED) is 0.925. The molecule has 0 radical (unpaired) electrons. The van der Waals surface area contributed by atoms with E-state index in [0.29, 0.717) is 0 Å². The first kappa shape index (κ1) is 17.1. The predicted octanol–water partition coefficient (Wildman–Crippen LogP) is 3.74. The molecule has 130 valence electrons. The maximum Gasteiger partial charge on any atom is 0.229 e. The van der Waals surface area contributed by atoms with Crippen LogP contribution in [0.25, 0.3) is 0 Å². The molecule has 1 heterocycles. The second-order valence-corrected chi connectivity index (χ2v) is 6.62. The normalized spacial score (nSPS) is 17.0. The molecule has 4 nitrogen and oxygen atoms in total. The summed E-state index contributed by atoms with van der Waals surface area (Å²) in [5.74, 6) is -1.39. The Morgan fingerprint density at radius 2 is 1.80 bits per heavy atom. The lowest BCUT2D eigenvalue weighted by molar-refractivity contribution is -0.122. The highest BCUT2D eigenvalue weighted by Gasteiger charge is 2.36. The molecule has 1 aliphatic heterocycles. The third kappa shape index (κ3) is 3.40. The van der Waals surface area contributed by atoms with Crippen LogP contribution in [0, 0.1) is 32.5 Å². The molecule has 2 aromatic rings. The highest BCUT2D eigenvalue weighted by molar-refractivity contribution is 6.04. The minimum Gasteiger partial charge on any atom is -0.325 e. The standard InChI is InChI=1S/C20H21FN2O2/c1-12-8-13(2)19(14(3)9-12)22-20(25)15-10-18(24)23(11-15)17-7-5-4-6-16(17)21/h4-9,15H,10-11H2,1-3H3,(H,22,25). The van der Waals surface area contributed by atoms with Gasteiger partial charge < -0.3 is 10.2 Å². The predicted molar refractivity (Wildman–Crippen MR) is 96.1 cm³/mol. The van der Waals surface area contributed by atoms with Gasteiger partial charge in [-0.05, 0) is 44.0 Å². The maximum atomic E-state index is 13.9. The molecule has 0 bridgehead atoms. The summed E-state index contributed by atoms with van der Waals surface area (Å²) in [5.41, 5.74) is 4.12. The molecular formula is C20H21FN2O2. The molecule has 3 rings (SSSR count). The van der Waals surface area contributed by atoms with Gasteiger partial charge in [0.1, 0.15) is 5.82 Å².